The number of hydrogen-bond acceptors (Lipinski definition) is 8. The van der Waals surface area contributed by atoms with Gasteiger partial charge in [-0.15, -0.1) is 0 Å². The third-order valence-corrected chi connectivity index (χ3v) is 7.57. The Labute approximate surface area is 204 Å². The Morgan fingerprint density at radius 3 is 2.82 bits per heavy atom. The first kappa shape index (κ1) is 22.6. The Bertz CT molecular complexity index is 1170. The summed E-state index contributed by atoms with van der Waals surface area (Å²) in [6, 6.07) is 12.9. The molecule has 2 aromatic rings. The van der Waals surface area contributed by atoms with Crippen LogP contribution in [0.3, 0.4) is 0 Å². The van der Waals surface area contributed by atoms with Crippen molar-refractivity contribution in [3.63, 3.8) is 0 Å². The molecule has 1 fully saturated rings. The molecule has 5 rings (SSSR count). The zero-order chi connectivity index (χ0) is 23.8. The molecule has 0 radical (unpaired) electrons. The number of nitrogens with one attached hydrogen (secondary N) is 3. The lowest BCUT2D eigenvalue weighted by Crippen LogP contribution is -2.54. The van der Waals surface area contributed by atoms with Crippen LogP contribution < -0.4 is 20.9 Å². The molecule has 178 valence electrons. The van der Waals surface area contributed by atoms with Gasteiger partial charge in [0, 0.05) is 12.4 Å². The third kappa shape index (κ3) is 4.33. The van der Waals surface area contributed by atoms with E-state index in [0.717, 1.165) is 17.2 Å². The Balaban J connectivity index is 1.19. The number of amidine groups is 1. The Morgan fingerprint density at radius 2 is 2.03 bits per heavy atom. The molecule has 2 aromatic carbocycles. The number of rotatable bonds is 5. The number of aryl methyl sites for hydroxylation is 3. The highest BCUT2D eigenvalue weighted by Crippen LogP contribution is 2.35. The van der Waals surface area contributed by atoms with Crippen molar-refractivity contribution in [2.45, 2.75) is 45.4 Å². The van der Waals surface area contributed by atoms with E-state index < -0.39 is 0 Å². The maximum atomic E-state index is 12.6. The summed E-state index contributed by atoms with van der Waals surface area (Å²) >= 11 is 1.42. The molecule has 9 heteroatoms. The molecule has 3 aliphatic rings. The van der Waals surface area contributed by atoms with Crippen LogP contribution in [0.2, 0.25) is 0 Å². The summed E-state index contributed by atoms with van der Waals surface area (Å²) in [6.45, 7) is 6.28. The van der Waals surface area contributed by atoms with Crippen LogP contribution in [0.25, 0.3) is 0 Å². The summed E-state index contributed by atoms with van der Waals surface area (Å²) in [4.78, 5) is 14.7. The van der Waals surface area contributed by atoms with Gasteiger partial charge in [-0.25, -0.2) is 5.43 Å². The fourth-order valence-electron chi connectivity index (χ4n) is 4.58. The average molecular weight is 479 g/mol. The number of ether oxygens (including phenoxy) is 1. The van der Waals surface area contributed by atoms with Gasteiger partial charge in [-0.2, -0.15) is 5.10 Å². The minimum atomic E-state index is -0.0972. The second kappa shape index (κ2) is 9.23. The second-order valence-electron chi connectivity index (χ2n) is 8.95. The van der Waals surface area contributed by atoms with Crippen molar-refractivity contribution in [2.24, 2.45) is 5.10 Å². The Hall–Kier alpha value is -3.17. The maximum absolute atomic E-state index is 12.6. The zero-order valence-corrected chi connectivity index (χ0v) is 20.6. The van der Waals surface area contributed by atoms with Crippen LogP contribution in [0.15, 0.2) is 53.9 Å². The molecule has 1 saturated heterocycles. The number of anilines is 1. The SMILES string of the molecule is COc1ccc(C)cc1NC(=O)CSC1=NNC2C3CC(c4ccc(C)c(C)c4)NN3C=CN12. The second-order valence-corrected chi connectivity index (χ2v) is 9.89. The fraction of sp³-hybridized carbons (Fsp3) is 0.360. The molecule has 1 amide bonds. The van der Waals surface area contributed by atoms with Crippen molar-refractivity contribution < 1.29 is 9.53 Å². The molecule has 0 aromatic heterocycles. The lowest BCUT2D eigenvalue weighted by molar-refractivity contribution is -0.113. The third-order valence-electron chi connectivity index (χ3n) is 6.60. The fourth-order valence-corrected chi connectivity index (χ4v) is 5.36. The van der Waals surface area contributed by atoms with E-state index in [2.05, 4.69) is 69.4 Å². The highest BCUT2D eigenvalue weighted by Gasteiger charge is 2.44. The van der Waals surface area contributed by atoms with E-state index >= 15 is 0 Å². The Morgan fingerprint density at radius 1 is 1.18 bits per heavy atom. The van der Waals surface area contributed by atoms with Crippen molar-refractivity contribution in [1.29, 1.82) is 0 Å². The predicted molar refractivity (Wildman–Crippen MR) is 136 cm³/mol. The van der Waals surface area contributed by atoms with Crippen molar-refractivity contribution in [1.82, 2.24) is 20.8 Å². The summed E-state index contributed by atoms with van der Waals surface area (Å²) in [6.07, 6.45) is 5.06. The minimum Gasteiger partial charge on any atom is -0.495 e. The molecule has 0 aliphatic carbocycles. The van der Waals surface area contributed by atoms with E-state index in [4.69, 9.17) is 4.74 Å². The predicted octanol–water partition coefficient (Wildman–Crippen LogP) is 3.60. The summed E-state index contributed by atoms with van der Waals surface area (Å²) in [5.41, 5.74) is 12.6. The number of hydrazone groups is 1. The van der Waals surface area contributed by atoms with Crippen LogP contribution in [0.1, 0.15) is 34.7 Å². The first-order valence-corrected chi connectivity index (χ1v) is 12.4. The smallest absolute Gasteiger partial charge is 0.234 e. The number of thioether (sulfide) groups is 1. The molecule has 3 N–H and O–H groups in total. The highest BCUT2D eigenvalue weighted by atomic mass is 32.2. The van der Waals surface area contributed by atoms with Gasteiger partial charge in [0.15, 0.2) is 5.17 Å². The van der Waals surface area contributed by atoms with Crippen LogP contribution in [-0.2, 0) is 4.79 Å². The number of methoxy groups -OCH3 is 1. The molecule has 0 spiro atoms. The van der Waals surface area contributed by atoms with E-state index in [1.54, 1.807) is 7.11 Å². The molecule has 34 heavy (non-hydrogen) atoms. The monoisotopic (exact) mass is 478 g/mol. The van der Waals surface area contributed by atoms with Gasteiger partial charge < -0.3 is 20.0 Å². The lowest BCUT2D eigenvalue weighted by atomic mass is 9.97. The normalized spacial score (nSPS) is 22.7. The molecule has 0 saturated carbocycles. The largest absolute Gasteiger partial charge is 0.495 e. The first-order chi connectivity index (χ1) is 16.4. The average Bonchev–Trinajstić information content (AvgIpc) is 3.43. The summed E-state index contributed by atoms with van der Waals surface area (Å²) in [5, 5.41) is 10.5. The van der Waals surface area contributed by atoms with Crippen LogP contribution in [0, 0.1) is 20.8 Å². The van der Waals surface area contributed by atoms with Gasteiger partial charge in [0.25, 0.3) is 0 Å². The van der Waals surface area contributed by atoms with Crippen molar-refractivity contribution in [3.05, 3.63) is 71.1 Å². The van der Waals surface area contributed by atoms with Crippen molar-refractivity contribution >= 4 is 28.5 Å². The molecule has 3 atom stereocenters. The van der Waals surface area contributed by atoms with E-state index in [0.29, 0.717) is 11.4 Å². The summed E-state index contributed by atoms with van der Waals surface area (Å²) in [7, 11) is 1.60. The minimum absolute atomic E-state index is 0.0245. The molecular formula is C25H30N6O2S. The molecular weight excluding hydrogens is 448 g/mol. The standard InChI is InChI=1S/C25H30N6O2S/c1-15-5-8-22(33-4)20(11-15)26-23(32)14-34-25-28-27-24-21-13-19(29-31(21)10-9-30(24)25)18-7-6-16(2)17(3)12-18/h5-12,19,21,24,27,29H,13-14H2,1-4H3,(H,26,32). The number of nitrogens with zero attached hydrogens (tertiary/aromatic N) is 3. The molecule has 3 heterocycles. The topological polar surface area (TPSA) is 81.2 Å². The maximum Gasteiger partial charge on any atom is 0.234 e. The van der Waals surface area contributed by atoms with Crippen molar-refractivity contribution in [2.75, 3.05) is 18.2 Å². The quantitative estimate of drug-likeness (QED) is 0.606. The number of carbonyl (C=O) groups is 1. The van der Waals surface area contributed by atoms with E-state index in [-0.39, 0.29) is 29.9 Å². The van der Waals surface area contributed by atoms with Crippen LogP contribution >= 0.6 is 11.8 Å². The summed E-state index contributed by atoms with van der Waals surface area (Å²) < 4.78 is 5.36. The van der Waals surface area contributed by atoms with E-state index in [1.807, 2.05) is 31.3 Å². The molecule has 0 bridgehead atoms. The van der Waals surface area contributed by atoms with Gasteiger partial charge in [-0.05, 0) is 61.6 Å². The van der Waals surface area contributed by atoms with Gasteiger partial charge in [-0.3, -0.25) is 10.2 Å². The van der Waals surface area contributed by atoms with Crippen molar-refractivity contribution in [3.8, 4) is 5.75 Å². The number of benzene rings is 2. The van der Waals surface area contributed by atoms with Crippen LogP contribution in [0.5, 0.6) is 5.75 Å². The zero-order valence-electron chi connectivity index (χ0n) is 19.8. The van der Waals surface area contributed by atoms with Gasteiger partial charge in [0.05, 0.1) is 30.6 Å². The van der Waals surface area contributed by atoms with E-state index in [1.165, 1.54) is 28.5 Å². The number of fused-ring (bicyclic) bond motifs is 3. The lowest BCUT2D eigenvalue weighted by Gasteiger charge is -2.36. The van der Waals surface area contributed by atoms with E-state index in [9.17, 15) is 4.79 Å². The van der Waals surface area contributed by atoms with Gasteiger partial charge >= 0.3 is 0 Å². The number of carbonyl (C=O) groups excluding carboxylic acids is 1. The van der Waals surface area contributed by atoms with Crippen LogP contribution in [0.4, 0.5) is 5.69 Å². The van der Waals surface area contributed by atoms with Crippen LogP contribution in [-0.4, -0.2) is 46.1 Å². The van der Waals surface area contributed by atoms with Gasteiger partial charge in [-0.1, -0.05) is 36.0 Å². The number of amides is 1. The molecule has 8 nitrogen and oxygen atoms in total. The first-order valence-electron chi connectivity index (χ1n) is 11.4. The number of hydrazine groups is 1. The number of hydrogen-bond donors (Lipinski definition) is 3. The Kier molecular flexibility index (Phi) is 6.14. The van der Waals surface area contributed by atoms with Gasteiger partial charge in [0.2, 0.25) is 5.91 Å². The molecule has 3 unspecified atom stereocenters. The van der Waals surface area contributed by atoms with Gasteiger partial charge in [0.1, 0.15) is 11.9 Å². The molecule has 3 aliphatic heterocycles. The summed E-state index contributed by atoms with van der Waals surface area (Å²) in [5.74, 6) is 0.807. The highest BCUT2D eigenvalue weighted by molar-refractivity contribution is 8.14.